The van der Waals surface area contributed by atoms with Crippen LogP contribution >= 0.6 is 0 Å². The summed E-state index contributed by atoms with van der Waals surface area (Å²) in [5.41, 5.74) is 0. The largest absolute Gasteiger partial charge is 0.194 e. The molecule has 0 aromatic carbocycles. The van der Waals surface area contributed by atoms with E-state index in [1.807, 2.05) is 6.92 Å². The third-order valence-corrected chi connectivity index (χ3v) is 0.644. The summed E-state index contributed by atoms with van der Waals surface area (Å²) in [5.74, 6) is 1.12. The van der Waals surface area contributed by atoms with Gasteiger partial charge in [0.2, 0.25) is 0 Å². The molecule has 0 atom stereocenters. The van der Waals surface area contributed by atoms with Gasteiger partial charge in [0.05, 0.1) is 0 Å². The van der Waals surface area contributed by atoms with Crippen LogP contribution in [0.25, 0.3) is 0 Å². The standard InChI is InChI=1S/C6H9/c1-4-6(3)5-2/h4-5H,1-2H2,3H3/q-1. The Morgan fingerprint density at radius 1 is 1.33 bits per heavy atom. The van der Waals surface area contributed by atoms with E-state index in [0.717, 1.165) is 5.92 Å². The fourth-order valence-corrected chi connectivity index (χ4v) is 0.0833. The van der Waals surface area contributed by atoms with E-state index in [4.69, 9.17) is 0 Å². The first-order chi connectivity index (χ1) is 2.81. The number of allylic oxidation sites excluding steroid dienone is 2. The van der Waals surface area contributed by atoms with Gasteiger partial charge in [0.15, 0.2) is 0 Å². The minimum atomic E-state index is 1.12. The van der Waals surface area contributed by atoms with Crippen LogP contribution in [0.3, 0.4) is 0 Å². The van der Waals surface area contributed by atoms with Crippen LogP contribution in [-0.2, 0) is 0 Å². The van der Waals surface area contributed by atoms with Crippen molar-refractivity contribution in [3.63, 3.8) is 0 Å². The predicted molar refractivity (Wildman–Crippen MR) is 29.3 cm³/mol. The Kier molecular flexibility index (Phi) is 2.30. The van der Waals surface area contributed by atoms with Crippen molar-refractivity contribution in [1.29, 1.82) is 0 Å². The highest BCUT2D eigenvalue weighted by atomic mass is 13.8. The van der Waals surface area contributed by atoms with Crippen LogP contribution in [0.4, 0.5) is 0 Å². The Balaban J connectivity index is 3.21. The third kappa shape index (κ3) is 1.65. The SMILES string of the molecule is C=C[C-](C)C=C. The first kappa shape index (κ1) is 5.35. The predicted octanol–water partition coefficient (Wildman–Crippen LogP) is 1.95. The molecule has 0 saturated carbocycles. The molecule has 0 saturated heterocycles. The van der Waals surface area contributed by atoms with Gasteiger partial charge in [0.25, 0.3) is 0 Å². The molecule has 0 aromatic rings. The number of hydrogen-bond acceptors (Lipinski definition) is 0. The minimum absolute atomic E-state index is 1.12. The van der Waals surface area contributed by atoms with Gasteiger partial charge in [-0.05, 0) is 0 Å². The highest BCUT2D eigenvalue weighted by Crippen LogP contribution is 1.95. The Bertz CT molecular complexity index is 45.1. The highest BCUT2D eigenvalue weighted by molar-refractivity contribution is 5.14. The Labute approximate surface area is 39.2 Å². The zero-order chi connectivity index (χ0) is 4.99. The molecule has 0 nitrogen and oxygen atoms in total. The summed E-state index contributed by atoms with van der Waals surface area (Å²) >= 11 is 0. The Hall–Kier alpha value is -0.650. The fraction of sp³-hybridized carbons (Fsp3) is 0.167. The van der Waals surface area contributed by atoms with Gasteiger partial charge >= 0.3 is 0 Å². The van der Waals surface area contributed by atoms with Crippen LogP contribution in [0.1, 0.15) is 6.92 Å². The van der Waals surface area contributed by atoms with E-state index in [1.54, 1.807) is 12.2 Å². The molecule has 0 fully saturated rings. The minimum Gasteiger partial charge on any atom is -0.194 e. The second-order valence-electron chi connectivity index (χ2n) is 1.15. The summed E-state index contributed by atoms with van der Waals surface area (Å²) in [7, 11) is 0. The molecule has 0 aliphatic carbocycles. The molecule has 6 heavy (non-hydrogen) atoms. The molecule has 0 amide bonds. The summed E-state index contributed by atoms with van der Waals surface area (Å²) in [6.45, 7) is 9.00. The van der Waals surface area contributed by atoms with Gasteiger partial charge < -0.3 is 0 Å². The number of rotatable bonds is 2. The van der Waals surface area contributed by atoms with Crippen LogP contribution < -0.4 is 0 Å². The van der Waals surface area contributed by atoms with Gasteiger partial charge in [-0.15, -0.1) is 0 Å². The van der Waals surface area contributed by atoms with Crippen molar-refractivity contribution in [2.24, 2.45) is 0 Å². The maximum Gasteiger partial charge on any atom is -0.0860 e. The van der Waals surface area contributed by atoms with E-state index in [0.29, 0.717) is 0 Å². The van der Waals surface area contributed by atoms with Gasteiger partial charge in [0.1, 0.15) is 0 Å². The van der Waals surface area contributed by atoms with Crippen molar-refractivity contribution in [3.8, 4) is 0 Å². The lowest BCUT2D eigenvalue weighted by Crippen LogP contribution is -1.71. The lowest BCUT2D eigenvalue weighted by molar-refractivity contribution is 1.35. The molecule has 34 valence electrons. The van der Waals surface area contributed by atoms with E-state index < -0.39 is 0 Å². The molecule has 0 rings (SSSR count). The molecule has 0 radical (unpaired) electrons. The van der Waals surface area contributed by atoms with Crippen molar-refractivity contribution < 1.29 is 0 Å². The van der Waals surface area contributed by atoms with Gasteiger partial charge in [-0.25, -0.2) is 0 Å². The van der Waals surface area contributed by atoms with Gasteiger partial charge in [0, 0.05) is 0 Å². The van der Waals surface area contributed by atoms with Crippen molar-refractivity contribution in [3.05, 3.63) is 31.2 Å². The molecule has 0 aliphatic heterocycles. The van der Waals surface area contributed by atoms with Crippen LogP contribution in [0.15, 0.2) is 25.3 Å². The smallest absolute Gasteiger partial charge is 0.0860 e. The summed E-state index contributed by atoms with van der Waals surface area (Å²) in [6, 6.07) is 0. The van der Waals surface area contributed by atoms with E-state index >= 15 is 0 Å². The molecule has 0 spiro atoms. The van der Waals surface area contributed by atoms with E-state index in [-0.39, 0.29) is 0 Å². The zero-order valence-electron chi connectivity index (χ0n) is 4.07. The summed E-state index contributed by atoms with van der Waals surface area (Å²) in [4.78, 5) is 0. The average molecular weight is 81.1 g/mol. The molecule has 0 aromatic heterocycles. The molecule has 0 unspecified atom stereocenters. The normalized spacial score (nSPS) is 6.83. The zero-order valence-corrected chi connectivity index (χ0v) is 4.07. The van der Waals surface area contributed by atoms with Gasteiger partial charge in [-0.3, -0.25) is 0 Å². The van der Waals surface area contributed by atoms with Crippen molar-refractivity contribution in [2.45, 2.75) is 6.92 Å². The van der Waals surface area contributed by atoms with Crippen LogP contribution in [0.5, 0.6) is 0 Å². The fourth-order valence-electron chi connectivity index (χ4n) is 0.0833. The Morgan fingerprint density at radius 2 is 1.67 bits per heavy atom. The lowest BCUT2D eigenvalue weighted by Gasteiger charge is -1.99. The third-order valence-electron chi connectivity index (χ3n) is 0.644. The molecular formula is C6H9-. The number of hydrogen-bond donors (Lipinski definition) is 0. The van der Waals surface area contributed by atoms with Crippen molar-refractivity contribution in [1.82, 2.24) is 0 Å². The topological polar surface area (TPSA) is 0 Å². The molecule has 0 N–H and O–H groups in total. The molecule has 0 heterocycles. The van der Waals surface area contributed by atoms with Crippen molar-refractivity contribution >= 4 is 0 Å². The highest BCUT2D eigenvalue weighted by Gasteiger charge is 1.68. The maximum absolute atomic E-state index is 3.52. The first-order valence-corrected chi connectivity index (χ1v) is 1.89. The van der Waals surface area contributed by atoms with Crippen LogP contribution in [0, 0.1) is 5.92 Å². The maximum atomic E-state index is 3.52. The Morgan fingerprint density at radius 3 is 1.67 bits per heavy atom. The quantitative estimate of drug-likeness (QED) is 0.446. The summed E-state index contributed by atoms with van der Waals surface area (Å²) in [5, 5.41) is 0. The molecule has 0 heteroatoms. The van der Waals surface area contributed by atoms with Crippen LogP contribution in [-0.4, -0.2) is 0 Å². The lowest BCUT2D eigenvalue weighted by atomic mass is 10.2. The van der Waals surface area contributed by atoms with Crippen LogP contribution in [0.2, 0.25) is 0 Å². The monoisotopic (exact) mass is 81.1 g/mol. The van der Waals surface area contributed by atoms with E-state index in [1.165, 1.54) is 0 Å². The van der Waals surface area contributed by atoms with E-state index in [2.05, 4.69) is 13.2 Å². The first-order valence-electron chi connectivity index (χ1n) is 1.89. The molecule has 0 bridgehead atoms. The summed E-state index contributed by atoms with van der Waals surface area (Å²) < 4.78 is 0. The van der Waals surface area contributed by atoms with Gasteiger partial charge in [-0.1, -0.05) is 6.92 Å². The second kappa shape index (κ2) is 2.58. The molecular weight excluding hydrogens is 72.1 g/mol. The second-order valence-corrected chi connectivity index (χ2v) is 1.15. The summed E-state index contributed by atoms with van der Waals surface area (Å²) in [6.07, 6.45) is 3.54. The average Bonchev–Trinajstić information content (AvgIpc) is 1.65. The van der Waals surface area contributed by atoms with Crippen molar-refractivity contribution in [2.75, 3.05) is 0 Å². The molecule has 0 aliphatic rings. The van der Waals surface area contributed by atoms with Gasteiger partial charge in [-0.2, -0.15) is 31.2 Å². The van der Waals surface area contributed by atoms with E-state index in [9.17, 15) is 0 Å².